The standard InChI is InChI=1S/C23H24N4O2S/c1-14-10-11-30-20(14)23(29)27-16-8-9-17(27)13-26-18(12-16)19(22(28)24-2)25-21(26)15-6-4-3-5-7-15/h3-7,10-11,16-17H,8-9,12-13H2,1-2H3,(H,24,28)/t16-,17+/m0/s1. The highest BCUT2D eigenvalue weighted by Gasteiger charge is 2.42. The molecule has 154 valence electrons. The zero-order chi connectivity index (χ0) is 20.8. The van der Waals surface area contributed by atoms with Crippen LogP contribution in [0.5, 0.6) is 0 Å². The zero-order valence-electron chi connectivity index (χ0n) is 17.1. The molecule has 5 rings (SSSR count). The van der Waals surface area contributed by atoms with Gasteiger partial charge in [0, 0.05) is 31.6 Å². The summed E-state index contributed by atoms with van der Waals surface area (Å²) in [5.74, 6) is 0.749. The summed E-state index contributed by atoms with van der Waals surface area (Å²) in [4.78, 5) is 33.7. The van der Waals surface area contributed by atoms with Crippen molar-refractivity contribution in [2.75, 3.05) is 7.05 Å². The molecule has 3 aromatic rings. The fraction of sp³-hybridized carbons (Fsp3) is 0.348. The first-order valence-corrected chi connectivity index (χ1v) is 11.2. The van der Waals surface area contributed by atoms with Crippen LogP contribution in [0.1, 0.15) is 44.3 Å². The number of benzene rings is 1. The Hall–Kier alpha value is -2.93. The maximum Gasteiger partial charge on any atom is 0.271 e. The van der Waals surface area contributed by atoms with Crippen LogP contribution in [0.25, 0.3) is 11.4 Å². The molecule has 2 aromatic heterocycles. The molecule has 2 atom stereocenters. The molecule has 7 heteroatoms. The van der Waals surface area contributed by atoms with E-state index in [0.717, 1.165) is 40.4 Å². The van der Waals surface area contributed by atoms with Gasteiger partial charge in [-0.05, 0) is 36.8 Å². The van der Waals surface area contributed by atoms with Gasteiger partial charge in [0.1, 0.15) is 11.5 Å². The molecule has 1 saturated heterocycles. The van der Waals surface area contributed by atoms with E-state index in [1.807, 2.05) is 48.7 Å². The predicted octanol–water partition coefficient (Wildman–Crippen LogP) is 3.51. The van der Waals surface area contributed by atoms with E-state index in [2.05, 4.69) is 14.8 Å². The van der Waals surface area contributed by atoms with E-state index in [1.165, 1.54) is 11.3 Å². The number of amides is 2. The Balaban J connectivity index is 1.59. The molecule has 4 heterocycles. The van der Waals surface area contributed by atoms with Gasteiger partial charge in [0.05, 0.1) is 16.6 Å². The van der Waals surface area contributed by atoms with Crippen molar-refractivity contribution in [3.05, 3.63) is 63.6 Å². The van der Waals surface area contributed by atoms with Crippen molar-refractivity contribution in [2.24, 2.45) is 0 Å². The third kappa shape index (κ3) is 2.96. The summed E-state index contributed by atoms with van der Waals surface area (Å²) in [6.07, 6.45) is 2.58. The average Bonchev–Trinajstić information content (AvgIpc) is 3.42. The van der Waals surface area contributed by atoms with Crippen LogP contribution in [-0.4, -0.2) is 45.4 Å². The molecule has 2 aliphatic heterocycles. The van der Waals surface area contributed by atoms with Gasteiger partial charge in [0.25, 0.3) is 11.8 Å². The van der Waals surface area contributed by atoms with Gasteiger partial charge >= 0.3 is 0 Å². The Morgan fingerprint density at radius 2 is 1.90 bits per heavy atom. The van der Waals surface area contributed by atoms with E-state index in [9.17, 15) is 9.59 Å². The summed E-state index contributed by atoms with van der Waals surface area (Å²) in [5.41, 5.74) is 3.43. The molecule has 0 saturated carbocycles. The number of thiophene rings is 1. The van der Waals surface area contributed by atoms with Crippen molar-refractivity contribution < 1.29 is 9.59 Å². The van der Waals surface area contributed by atoms with Crippen LogP contribution in [0.2, 0.25) is 0 Å². The number of fused-ring (bicyclic) bond motifs is 3. The van der Waals surface area contributed by atoms with Crippen LogP contribution < -0.4 is 5.32 Å². The summed E-state index contributed by atoms with van der Waals surface area (Å²) in [5, 5.41) is 4.71. The lowest BCUT2D eigenvalue weighted by Crippen LogP contribution is -2.42. The molecule has 2 bridgehead atoms. The summed E-state index contributed by atoms with van der Waals surface area (Å²) in [6, 6.07) is 12.2. The van der Waals surface area contributed by atoms with Crippen LogP contribution in [0, 0.1) is 6.92 Å². The highest BCUT2D eigenvalue weighted by molar-refractivity contribution is 7.12. The number of aryl methyl sites for hydroxylation is 1. The van der Waals surface area contributed by atoms with E-state index in [1.54, 1.807) is 7.05 Å². The minimum atomic E-state index is -0.175. The van der Waals surface area contributed by atoms with Gasteiger partial charge in [-0.25, -0.2) is 4.98 Å². The van der Waals surface area contributed by atoms with Crippen LogP contribution in [0.3, 0.4) is 0 Å². The number of carbonyl (C=O) groups excluding carboxylic acids is 2. The van der Waals surface area contributed by atoms with E-state index in [4.69, 9.17) is 4.98 Å². The summed E-state index contributed by atoms with van der Waals surface area (Å²) in [6.45, 7) is 2.66. The maximum atomic E-state index is 13.4. The first-order chi connectivity index (χ1) is 14.6. The molecular weight excluding hydrogens is 396 g/mol. The van der Waals surface area contributed by atoms with Crippen molar-refractivity contribution in [3.63, 3.8) is 0 Å². The minimum absolute atomic E-state index is 0.0916. The molecular formula is C23H24N4O2S. The second-order valence-corrected chi connectivity index (χ2v) is 8.94. The summed E-state index contributed by atoms with van der Waals surface area (Å²) < 4.78 is 2.17. The van der Waals surface area contributed by atoms with E-state index in [-0.39, 0.29) is 23.9 Å². The van der Waals surface area contributed by atoms with Crippen LogP contribution in [-0.2, 0) is 13.0 Å². The maximum absolute atomic E-state index is 13.4. The molecule has 1 aromatic carbocycles. The number of nitrogens with zero attached hydrogens (tertiary/aromatic N) is 3. The molecule has 0 radical (unpaired) electrons. The number of imidazole rings is 1. The summed E-state index contributed by atoms with van der Waals surface area (Å²) in [7, 11) is 1.63. The molecule has 6 nitrogen and oxygen atoms in total. The Morgan fingerprint density at radius 3 is 2.60 bits per heavy atom. The van der Waals surface area contributed by atoms with Crippen molar-refractivity contribution >= 4 is 23.2 Å². The largest absolute Gasteiger partial charge is 0.354 e. The van der Waals surface area contributed by atoms with E-state index in [0.29, 0.717) is 18.7 Å². The number of rotatable bonds is 3. The van der Waals surface area contributed by atoms with Crippen molar-refractivity contribution in [1.82, 2.24) is 19.8 Å². The average molecular weight is 421 g/mol. The molecule has 2 amide bonds. The van der Waals surface area contributed by atoms with Gasteiger partial charge in [-0.3, -0.25) is 9.59 Å². The molecule has 0 spiro atoms. The number of aromatic nitrogens is 2. The first-order valence-electron chi connectivity index (χ1n) is 10.3. The second kappa shape index (κ2) is 7.40. The third-order valence-electron chi connectivity index (χ3n) is 6.28. The summed E-state index contributed by atoms with van der Waals surface area (Å²) >= 11 is 1.51. The normalized spacial score (nSPS) is 20.0. The van der Waals surface area contributed by atoms with Gasteiger partial charge in [0.15, 0.2) is 0 Å². The number of hydrogen-bond donors (Lipinski definition) is 1. The smallest absolute Gasteiger partial charge is 0.271 e. The van der Waals surface area contributed by atoms with Gasteiger partial charge in [-0.2, -0.15) is 0 Å². The van der Waals surface area contributed by atoms with Crippen molar-refractivity contribution in [3.8, 4) is 11.4 Å². The Kier molecular flexibility index (Phi) is 4.70. The van der Waals surface area contributed by atoms with Gasteiger partial charge in [0.2, 0.25) is 0 Å². The Labute approximate surface area is 179 Å². The zero-order valence-corrected chi connectivity index (χ0v) is 17.9. The van der Waals surface area contributed by atoms with Crippen molar-refractivity contribution in [1.29, 1.82) is 0 Å². The number of nitrogens with one attached hydrogen (secondary N) is 1. The predicted molar refractivity (Wildman–Crippen MR) is 117 cm³/mol. The Bertz CT molecular complexity index is 1120. The molecule has 30 heavy (non-hydrogen) atoms. The lowest BCUT2D eigenvalue weighted by atomic mass is 10.1. The highest BCUT2D eigenvalue weighted by Crippen LogP contribution is 2.37. The number of carbonyl (C=O) groups is 2. The highest BCUT2D eigenvalue weighted by atomic mass is 32.1. The van der Waals surface area contributed by atoms with Crippen LogP contribution in [0.4, 0.5) is 0 Å². The molecule has 1 N–H and O–H groups in total. The molecule has 0 aliphatic carbocycles. The Morgan fingerprint density at radius 1 is 1.13 bits per heavy atom. The topological polar surface area (TPSA) is 67.2 Å². The molecule has 2 aliphatic rings. The fourth-order valence-electron chi connectivity index (χ4n) is 4.81. The van der Waals surface area contributed by atoms with Gasteiger partial charge < -0.3 is 14.8 Å². The second-order valence-electron chi connectivity index (χ2n) is 8.02. The van der Waals surface area contributed by atoms with Crippen molar-refractivity contribution in [2.45, 2.75) is 44.8 Å². The molecule has 0 unspecified atom stereocenters. The lowest BCUT2D eigenvalue weighted by molar-refractivity contribution is 0.0670. The first kappa shape index (κ1) is 19.1. The third-order valence-corrected chi connectivity index (χ3v) is 7.28. The minimum Gasteiger partial charge on any atom is -0.354 e. The van der Waals surface area contributed by atoms with Gasteiger partial charge in [-0.1, -0.05) is 30.3 Å². The van der Waals surface area contributed by atoms with E-state index >= 15 is 0 Å². The number of hydrogen-bond acceptors (Lipinski definition) is 4. The molecule has 1 fully saturated rings. The van der Waals surface area contributed by atoms with Crippen LogP contribution >= 0.6 is 11.3 Å². The van der Waals surface area contributed by atoms with Gasteiger partial charge in [-0.15, -0.1) is 11.3 Å². The fourth-order valence-corrected chi connectivity index (χ4v) is 5.68. The van der Waals surface area contributed by atoms with Crippen LogP contribution in [0.15, 0.2) is 41.8 Å². The lowest BCUT2D eigenvalue weighted by Gasteiger charge is -2.28. The quantitative estimate of drug-likeness (QED) is 0.705. The SMILES string of the molecule is CNC(=O)c1nc(-c2ccccc2)n2c1C[C@@H]1CC[C@H](C2)N1C(=O)c1sccc1C. The monoisotopic (exact) mass is 420 g/mol. The van der Waals surface area contributed by atoms with E-state index < -0.39 is 0 Å².